The molecule has 5 aliphatic rings. The molecule has 4 bridgehead atoms. The second-order valence-electron chi connectivity index (χ2n) is 6.71. The predicted octanol–water partition coefficient (Wildman–Crippen LogP) is 1.87. The molecule has 2 spiro atoms. The van der Waals surface area contributed by atoms with Gasteiger partial charge in [-0.25, -0.2) is 0 Å². The minimum atomic E-state index is -1.04. The second kappa shape index (κ2) is 3.58. The van der Waals surface area contributed by atoms with E-state index in [2.05, 4.69) is 0 Å². The van der Waals surface area contributed by atoms with Crippen LogP contribution in [0.3, 0.4) is 0 Å². The van der Waals surface area contributed by atoms with Crippen molar-refractivity contribution in [2.24, 2.45) is 11.3 Å². The summed E-state index contributed by atoms with van der Waals surface area (Å²) in [6.45, 7) is 5.14. The molecule has 0 radical (unpaired) electrons. The molecule has 112 valence electrons. The van der Waals surface area contributed by atoms with Gasteiger partial charge in [0.15, 0.2) is 11.0 Å². The summed E-state index contributed by atoms with van der Waals surface area (Å²) in [7, 11) is 0. The van der Waals surface area contributed by atoms with Gasteiger partial charge in [-0.2, -0.15) is 0 Å². The average molecular weight is 290 g/mol. The van der Waals surface area contributed by atoms with Gasteiger partial charge in [0.25, 0.3) is 0 Å². The van der Waals surface area contributed by atoms with E-state index in [1.165, 1.54) is 6.92 Å². The number of hydrogen-bond donors (Lipinski definition) is 0. The van der Waals surface area contributed by atoms with Crippen LogP contribution in [0.15, 0.2) is 24.0 Å². The summed E-state index contributed by atoms with van der Waals surface area (Å²) in [5, 5.41) is 0. The molecule has 4 aliphatic heterocycles. The van der Waals surface area contributed by atoms with Gasteiger partial charge in [0.1, 0.15) is 17.5 Å². The van der Waals surface area contributed by atoms with Crippen LogP contribution in [0.25, 0.3) is 0 Å². The number of carbonyl (C=O) groups is 2. The van der Waals surface area contributed by atoms with Crippen molar-refractivity contribution in [1.82, 2.24) is 0 Å². The van der Waals surface area contributed by atoms with Gasteiger partial charge in [0.05, 0.1) is 0 Å². The van der Waals surface area contributed by atoms with Gasteiger partial charge in [-0.05, 0) is 25.7 Å². The second-order valence-corrected chi connectivity index (χ2v) is 6.71. The SMILES string of the molecule is CC(=O)OC1=C[C@]2(C)OC(=O)[C@]13[C@@H](C)CC[C@]31C=C[C@H]2O1. The molecule has 0 amide bonds. The van der Waals surface area contributed by atoms with Crippen molar-refractivity contribution >= 4 is 11.9 Å². The van der Waals surface area contributed by atoms with Crippen molar-refractivity contribution in [3.05, 3.63) is 24.0 Å². The lowest BCUT2D eigenvalue weighted by atomic mass is 9.66. The molecule has 5 heteroatoms. The number of ether oxygens (including phenoxy) is 3. The molecule has 5 atom stereocenters. The molecule has 0 aromatic heterocycles. The maximum atomic E-state index is 12.9. The fourth-order valence-corrected chi connectivity index (χ4v) is 4.50. The van der Waals surface area contributed by atoms with Gasteiger partial charge in [-0.15, -0.1) is 0 Å². The zero-order valence-electron chi connectivity index (χ0n) is 12.3. The Hall–Kier alpha value is -1.62. The van der Waals surface area contributed by atoms with Gasteiger partial charge < -0.3 is 14.2 Å². The Morgan fingerprint density at radius 3 is 2.95 bits per heavy atom. The van der Waals surface area contributed by atoms with Crippen molar-refractivity contribution in [3.63, 3.8) is 0 Å². The van der Waals surface area contributed by atoms with Crippen LogP contribution in [0, 0.1) is 11.3 Å². The van der Waals surface area contributed by atoms with Gasteiger partial charge in [-0.3, -0.25) is 9.59 Å². The minimum Gasteiger partial charge on any atom is -0.451 e. The van der Waals surface area contributed by atoms with Crippen molar-refractivity contribution in [1.29, 1.82) is 0 Å². The number of rotatable bonds is 1. The highest BCUT2D eigenvalue weighted by Gasteiger charge is 2.75. The van der Waals surface area contributed by atoms with Gasteiger partial charge >= 0.3 is 11.9 Å². The van der Waals surface area contributed by atoms with Gasteiger partial charge in [0.2, 0.25) is 0 Å². The fraction of sp³-hybridized carbons (Fsp3) is 0.625. The van der Waals surface area contributed by atoms with Gasteiger partial charge in [0, 0.05) is 13.0 Å². The highest BCUT2D eigenvalue weighted by Crippen LogP contribution is 2.65. The smallest absolute Gasteiger partial charge is 0.324 e. The van der Waals surface area contributed by atoms with E-state index in [1.54, 1.807) is 13.0 Å². The van der Waals surface area contributed by atoms with Crippen molar-refractivity contribution < 1.29 is 23.8 Å². The Labute approximate surface area is 122 Å². The van der Waals surface area contributed by atoms with Crippen LogP contribution in [0.5, 0.6) is 0 Å². The monoisotopic (exact) mass is 290 g/mol. The Morgan fingerprint density at radius 1 is 1.48 bits per heavy atom. The zero-order valence-corrected chi connectivity index (χ0v) is 12.3. The first-order valence-corrected chi connectivity index (χ1v) is 7.36. The number of hydrogen-bond acceptors (Lipinski definition) is 5. The van der Waals surface area contributed by atoms with E-state index in [0.29, 0.717) is 5.76 Å². The fourth-order valence-electron chi connectivity index (χ4n) is 4.50. The average Bonchev–Trinajstić information content (AvgIpc) is 2.88. The summed E-state index contributed by atoms with van der Waals surface area (Å²) >= 11 is 0. The van der Waals surface area contributed by atoms with E-state index in [1.807, 2.05) is 19.1 Å². The third-order valence-corrected chi connectivity index (χ3v) is 5.49. The third-order valence-electron chi connectivity index (χ3n) is 5.49. The first kappa shape index (κ1) is 13.1. The molecular weight excluding hydrogens is 272 g/mol. The van der Waals surface area contributed by atoms with Crippen LogP contribution in [0.4, 0.5) is 0 Å². The Kier molecular flexibility index (Phi) is 2.23. The molecule has 4 heterocycles. The van der Waals surface area contributed by atoms with Crippen LogP contribution in [-0.4, -0.2) is 29.2 Å². The summed E-state index contributed by atoms with van der Waals surface area (Å²) < 4.78 is 17.5. The van der Waals surface area contributed by atoms with E-state index < -0.39 is 22.6 Å². The summed E-state index contributed by atoms with van der Waals surface area (Å²) in [6.07, 6.45) is 6.94. The first-order valence-electron chi connectivity index (χ1n) is 7.36. The highest BCUT2D eigenvalue weighted by molar-refractivity contribution is 5.87. The van der Waals surface area contributed by atoms with Crippen LogP contribution >= 0.6 is 0 Å². The predicted molar refractivity (Wildman–Crippen MR) is 71.9 cm³/mol. The lowest BCUT2D eigenvalue weighted by Crippen LogP contribution is -2.56. The lowest BCUT2D eigenvalue weighted by Gasteiger charge is -2.44. The number of esters is 2. The topological polar surface area (TPSA) is 61.8 Å². The number of carbonyl (C=O) groups excluding carboxylic acids is 2. The molecule has 1 saturated carbocycles. The molecular formula is C16H18O5. The maximum Gasteiger partial charge on any atom is 0.324 e. The molecule has 0 N–H and O–H groups in total. The lowest BCUT2D eigenvalue weighted by molar-refractivity contribution is -0.174. The summed E-state index contributed by atoms with van der Waals surface area (Å²) in [4.78, 5) is 24.4. The van der Waals surface area contributed by atoms with Crippen molar-refractivity contribution in [2.45, 2.75) is 50.9 Å². The molecule has 5 nitrogen and oxygen atoms in total. The van der Waals surface area contributed by atoms with E-state index in [4.69, 9.17) is 14.2 Å². The van der Waals surface area contributed by atoms with E-state index in [9.17, 15) is 9.59 Å². The van der Waals surface area contributed by atoms with E-state index in [-0.39, 0.29) is 18.0 Å². The highest BCUT2D eigenvalue weighted by atomic mass is 16.6. The quantitative estimate of drug-likeness (QED) is 0.545. The molecule has 1 aliphatic carbocycles. The van der Waals surface area contributed by atoms with Crippen molar-refractivity contribution in [2.75, 3.05) is 0 Å². The molecule has 0 aromatic carbocycles. The Morgan fingerprint density at radius 2 is 2.24 bits per heavy atom. The van der Waals surface area contributed by atoms with Crippen LogP contribution in [-0.2, 0) is 23.8 Å². The third kappa shape index (κ3) is 1.27. The number of fused-ring (bicyclic) bond motifs is 1. The maximum absolute atomic E-state index is 12.9. The summed E-state index contributed by atoms with van der Waals surface area (Å²) in [5.41, 5.74) is -2.71. The van der Waals surface area contributed by atoms with Crippen molar-refractivity contribution in [3.8, 4) is 0 Å². The minimum absolute atomic E-state index is 0.0124. The standard InChI is InChI=1S/C16H18O5/c1-9-4-6-15-7-5-11(20-15)14(3)8-12(19-10(2)17)16(9,15)13(18)21-14/h5,7-9,11H,4,6H2,1-3H3/t9-,11+,14-,15-,16-/m0/s1. The summed E-state index contributed by atoms with van der Waals surface area (Å²) in [5.74, 6) is -0.360. The van der Waals surface area contributed by atoms with E-state index in [0.717, 1.165) is 12.8 Å². The molecule has 1 saturated heterocycles. The van der Waals surface area contributed by atoms with Crippen LogP contribution in [0.2, 0.25) is 0 Å². The first-order chi connectivity index (χ1) is 9.84. The Balaban J connectivity index is 2.01. The van der Waals surface area contributed by atoms with Gasteiger partial charge in [-0.1, -0.05) is 19.1 Å². The molecule has 2 fully saturated rings. The summed E-state index contributed by atoms with van der Waals surface area (Å²) in [6, 6.07) is 0. The molecule has 0 unspecified atom stereocenters. The Bertz CT molecular complexity index is 620. The zero-order chi connectivity index (χ0) is 15.0. The van der Waals surface area contributed by atoms with Crippen LogP contribution < -0.4 is 0 Å². The molecule has 21 heavy (non-hydrogen) atoms. The van der Waals surface area contributed by atoms with E-state index >= 15 is 0 Å². The van der Waals surface area contributed by atoms with Crippen LogP contribution in [0.1, 0.15) is 33.6 Å². The largest absolute Gasteiger partial charge is 0.451 e. The molecule has 5 rings (SSSR count). The molecule has 0 aromatic rings. The normalized spacial score (nSPS) is 49.5.